The lowest BCUT2D eigenvalue weighted by atomic mass is 10.0. The second kappa shape index (κ2) is 5.79. The molecule has 4 nitrogen and oxygen atoms in total. The molecule has 0 saturated heterocycles. The highest BCUT2D eigenvalue weighted by atomic mass is 19.1. The molecule has 2 unspecified atom stereocenters. The van der Waals surface area contributed by atoms with E-state index in [0.717, 1.165) is 12.1 Å². The quantitative estimate of drug-likeness (QED) is 0.594. The fourth-order valence-corrected chi connectivity index (χ4v) is 1.42. The zero-order valence-electron chi connectivity index (χ0n) is 9.02. The summed E-state index contributed by atoms with van der Waals surface area (Å²) in [4.78, 5) is 0. The van der Waals surface area contributed by atoms with Crippen molar-refractivity contribution < 1.29 is 19.7 Å². The average molecular weight is 229 g/mol. The van der Waals surface area contributed by atoms with Gasteiger partial charge in [0.25, 0.3) is 0 Å². The van der Waals surface area contributed by atoms with E-state index in [1.807, 2.05) is 0 Å². The first-order valence-corrected chi connectivity index (χ1v) is 5.05. The highest BCUT2D eigenvalue weighted by Gasteiger charge is 2.21. The second-order valence-corrected chi connectivity index (χ2v) is 3.61. The lowest BCUT2D eigenvalue weighted by Crippen LogP contribution is -2.23. The predicted octanol–water partition coefficient (Wildman–Crippen LogP) is 0.535. The third kappa shape index (κ3) is 3.16. The number of nitrogens with one attached hydrogen (secondary N) is 1. The van der Waals surface area contributed by atoms with Crippen molar-refractivity contribution in [2.75, 3.05) is 13.6 Å². The Morgan fingerprint density at radius 3 is 2.69 bits per heavy atom. The van der Waals surface area contributed by atoms with Gasteiger partial charge in [-0.3, -0.25) is 0 Å². The molecule has 0 radical (unpaired) electrons. The zero-order valence-corrected chi connectivity index (χ0v) is 9.02. The Hall–Kier alpha value is -1.17. The summed E-state index contributed by atoms with van der Waals surface area (Å²) in [6.07, 6.45) is -2.10. The maximum absolute atomic E-state index is 13.3. The van der Waals surface area contributed by atoms with E-state index in [9.17, 15) is 19.7 Å². The third-order valence-corrected chi connectivity index (χ3v) is 2.35. The van der Waals surface area contributed by atoms with Gasteiger partial charge in [-0.05, 0) is 38.2 Å². The van der Waals surface area contributed by atoms with Gasteiger partial charge in [-0.25, -0.2) is 4.39 Å². The van der Waals surface area contributed by atoms with Crippen LogP contribution in [0.4, 0.5) is 4.39 Å². The summed E-state index contributed by atoms with van der Waals surface area (Å²) in [5, 5.41) is 31.3. The molecule has 0 aliphatic rings. The minimum Gasteiger partial charge on any atom is -0.508 e. The van der Waals surface area contributed by atoms with Gasteiger partial charge in [0.2, 0.25) is 0 Å². The van der Waals surface area contributed by atoms with E-state index >= 15 is 0 Å². The molecule has 5 heteroatoms. The molecule has 0 spiro atoms. The summed E-state index contributed by atoms with van der Waals surface area (Å²) < 4.78 is 13.3. The van der Waals surface area contributed by atoms with Crippen LogP contribution in [-0.2, 0) is 0 Å². The van der Waals surface area contributed by atoms with E-state index in [-0.39, 0.29) is 11.3 Å². The molecule has 16 heavy (non-hydrogen) atoms. The number of halogens is 1. The number of aliphatic hydroxyl groups excluding tert-OH is 2. The van der Waals surface area contributed by atoms with Crippen molar-refractivity contribution in [2.45, 2.75) is 18.6 Å². The van der Waals surface area contributed by atoms with Gasteiger partial charge in [-0.2, -0.15) is 0 Å². The molecule has 0 heterocycles. The van der Waals surface area contributed by atoms with E-state index in [2.05, 4.69) is 5.32 Å². The van der Waals surface area contributed by atoms with Crippen molar-refractivity contribution in [2.24, 2.45) is 0 Å². The summed E-state index contributed by atoms with van der Waals surface area (Å²) in [7, 11) is 1.72. The molecular weight excluding hydrogens is 213 g/mol. The molecule has 0 aromatic heterocycles. The number of benzene rings is 1. The van der Waals surface area contributed by atoms with Gasteiger partial charge >= 0.3 is 0 Å². The first-order chi connectivity index (χ1) is 7.56. The van der Waals surface area contributed by atoms with E-state index < -0.39 is 18.0 Å². The van der Waals surface area contributed by atoms with Gasteiger partial charge < -0.3 is 20.6 Å². The fourth-order valence-electron chi connectivity index (χ4n) is 1.42. The highest BCUT2D eigenvalue weighted by molar-refractivity contribution is 5.30. The second-order valence-electron chi connectivity index (χ2n) is 3.61. The molecule has 0 aliphatic carbocycles. The Kier molecular flexibility index (Phi) is 4.67. The number of aromatic hydroxyl groups is 1. The average Bonchev–Trinajstić information content (AvgIpc) is 2.28. The number of hydrogen-bond acceptors (Lipinski definition) is 4. The first-order valence-electron chi connectivity index (χ1n) is 5.05. The first kappa shape index (κ1) is 12.9. The molecule has 1 aromatic rings. The smallest absolute Gasteiger partial charge is 0.129 e. The lowest BCUT2D eigenvalue weighted by molar-refractivity contribution is 0.0119. The molecule has 0 saturated carbocycles. The Bertz CT molecular complexity index is 346. The molecule has 0 bridgehead atoms. The molecular formula is C11H16FNO3. The number of aliphatic hydroxyl groups is 2. The molecule has 1 rings (SSSR count). The molecule has 4 N–H and O–H groups in total. The normalized spacial score (nSPS) is 14.8. The summed E-state index contributed by atoms with van der Waals surface area (Å²) in [5.41, 5.74) is -0.0939. The van der Waals surface area contributed by atoms with Crippen LogP contribution in [0.2, 0.25) is 0 Å². The SMILES string of the molecule is CNCCC(O)C(O)c1cc(O)ccc1F. The number of phenols is 1. The van der Waals surface area contributed by atoms with E-state index in [1.165, 1.54) is 6.07 Å². The summed E-state index contributed by atoms with van der Waals surface area (Å²) in [6.45, 7) is 0.513. The Labute approximate surface area is 93.4 Å². The van der Waals surface area contributed by atoms with Crippen LogP contribution < -0.4 is 5.32 Å². The third-order valence-electron chi connectivity index (χ3n) is 2.35. The van der Waals surface area contributed by atoms with Crippen LogP contribution in [0.15, 0.2) is 18.2 Å². The van der Waals surface area contributed by atoms with Crippen LogP contribution >= 0.6 is 0 Å². The van der Waals surface area contributed by atoms with Crippen LogP contribution in [0.1, 0.15) is 18.1 Å². The van der Waals surface area contributed by atoms with Crippen LogP contribution in [-0.4, -0.2) is 35.0 Å². The van der Waals surface area contributed by atoms with Crippen LogP contribution in [0.25, 0.3) is 0 Å². The highest BCUT2D eigenvalue weighted by Crippen LogP contribution is 2.25. The van der Waals surface area contributed by atoms with Crippen molar-refractivity contribution in [1.82, 2.24) is 5.32 Å². The van der Waals surface area contributed by atoms with E-state index in [4.69, 9.17) is 0 Å². The van der Waals surface area contributed by atoms with Crippen molar-refractivity contribution in [3.05, 3.63) is 29.6 Å². The maximum Gasteiger partial charge on any atom is 0.129 e. The number of phenolic OH excluding ortho intramolecular Hbond substituents is 1. The number of rotatable bonds is 5. The number of hydrogen-bond donors (Lipinski definition) is 4. The molecule has 1 aromatic carbocycles. The maximum atomic E-state index is 13.3. The summed E-state index contributed by atoms with van der Waals surface area (Å²) in [5.74, 6) is -0.787. The summed E-state index contributed by atoms with van der Waals surface area (Å²) >= 11 is 0. The van der Waals surface area contributed by atoms with Gasteiger partial charge in [0.15, 0.2) is 0 Å². The van der Waals surface area contributed by atoms with E-state index in [1.54, 1.807) is 7.05 Å². The molecule has 0 aliphatic heterocycles. The minimum absolute atomic E-state index is 0.0939. The van der Waals surface area contributed by atoms with Crippen LogP contribution in [0.3, 0.4) is 0 Å². The molecule has 2 atom stereocenters. The Morgan fingerprint density at radius 2 is 2.06 bits per heavy atom. The van der Waals surface area contributed by atoms with Gasteiger partial charge in [-0.1, -0.05) is 0 Å². The van der Waals surface area contributed by atoms with Crippen molar-refractivity contribution in [3.63, 3.8) is 0 Å². The largest absolute Gasteiger partial charge is 0.508 e. The predicted molar refractivity (Wildman–Crippen MR) is 57.6 cm³/mol. The Morgan fingerprint density at radius 1 is 1.38 bits per heavy atom. The zero-order chi connectivity index (χ0) is 12.1. The Balaban J connectivity index is 2.78. The molecule has 0 amide bonds. The minimum atomic E-state index is -1.33. The monoisotopic (exact) mass is 229 g/mol. The topological polar surface area (TPSA) is 72.7 Å². The van der Waals surface area contributed by atoms with Gasteiger partial charge in [0.1, 0.15) is 17.7 Å². The fraction of sp³-hybridized carbons (Fsp3) is 0.455. The van der Waals surface area contributed by atoms with Gasteiger partial charge in [0.05, 0.1) is 6.10 Å². The molecule has 90 valence electrons. The van der Waals surface area contributed by atoms with Crippen molar-refractivity contribution >= 4 is 0 Å². The van der Waals surface area contributed by atoms with Gasteiger partial charge in [0, 0.05) is 5.56 Å². The van der Waals surface area contributed by atoms with E-state index in [0.29, 0.717) is 13.0 Å². The molecule has 0 fully saturated rings. The van der Waals surface area contributed by atoms with Crippen molar-refractivity contribution in [1.29, 1.82) is 0 Å². The lowest BCUT2D eigenvalue weighted by Gasteiger charge is -2.18. The standard InChI is InChI=1S/C11H16FNO3/c1-13-5-4-10(15)11(16)8-6-7(14)2-3-9(8)12/h2-3,6,10-11,13-16H,4-5H2,1H3. The van der Waals surface area contributed by atoms with Gasteiger partial charge in [-0.15, -0.1) is 0 Å². The summed E-state index contributed by atoms with van der Waals surface area (Å²) in [6, 6.07) is 3.35. The van der Waals surface area contributed by atoms with Crippen LogP contribution in [0.5, 0.6) is 5.75 Å². The van der Waals surface area contributed by atoms with Crippen LogP contribution in [0, 0.1) is 5.82 Å². The van der Waals surface area contributed by atoms with Crippen molar-refractivity contribution in [3.8, 4) is 5.75 Å².